The molecule has 0 aromatic heterocycles. The summed E-state index contributed by atoms with van der Waals surface area (Å²) in [7, 11) is -6.39. The third kappa shape index (κ3) is 10.1. The Morgan fingerprint density at radius 2 is 0.909 bits per heavy atom. The maximum absolute atomic E-state index is 12.1. The predicted octanol–water partition coefficient (Wildman–Crippen LogP) is 3.31. The summed E-state index contributed by atoms with van der Waals surface area (Å²) in [5.74, 6) is 0. The van der Waals surface area contributed by atoms with Crippen molar-refractivity contribution in [2.24, 2.45) is 0 Å². The molecule has 2 N–H and O–H groups in total. The van der Waals surface area contributed by atoms with Crippen LogP contribution in [0.2, 0.25) is 0 Å². The Kier molecular flexibility index (Phi) is 12.7. The second-order valence-corrected chi connectivity index (χ2v) is 7.84. The van der Waals surface area contributed by atoms with Gasteiger partial charge in [-0.05, 0) is 40.5 Å². The van der Waals surface area contributed by atoms with Crippen molar-refractivity contribution in [1.29, 1.82) is 0 Å². The molecular weight excluding hydrogens is 330 g/mol. The standard InChI is InChI=1S/C12H30N2O6P2/c1-5-17-21(15,18-6-2)13-11-9-10-12-14-22(16,19-7-3)20-8-4/h5-12H2,1-4H3,(H,13,15)(H,14,16). The van der Waals surface area contributed by atoms with E-state index in [-0.39, 0.29) is 0 Å². The Labute approximate surface area is 133 Å². The molecule has 0 saturated carbocycles. The molecule has 0 saturated heterocycles. The van der Waals surface area contributed by atoms with E-state index in [1.807, 2.05) is 0 Å². The summed E-state index contributed by atoms with van der Waals surface area (Å²) in [4.78, 5) is 0. The molecule has 22 heavy (non-hydrogen) atoms. The Balaban J connectivity index is 3.96. The summed E-state index contributed by atoms with van der Waals surface area (Å²) in [6.45, 7) is 9.27. The van der Waals surface area contributed by atoms with Gasteiger partial charge in [0.05, 0.1) is 26.4 Å². The summed E-state index contributed by atoms with van der Waals surface area (Å²) in [5, 5.41) is 5.60. The quantitative estimate of drug-likeness (QED) is 0.339. The van der Waals surface area contributed by atoms with Crippen molar-refractivity contribution in [1.82, 2.24) is 10.2 Å². The van der Waals surface area contributed by atoms with Crippen LogP contribution in [0, 0.1) is 0 Å². The number of hydrogen-bond donors (Lipinski definition) is 2. The van der Waals surface area contributed by atoms with Gasteiger partial charge in [0.1, 0.15) is 0 Å². The first-order valence-corrected chi connectivity index (χ1v) is 10.8. The molecule has 0 radical (unpaired) electrons. The van der Waals surface area contributed by atoms with Crippen molar-refractivity contribution in [2.75, 3.05) is 39.5 Å². The minimum atomic E-state index is -3.20. The van der Waals surface area contributed by atoms with Crippen LogP contribution in [0.3, 0.4) is 0 Å². The van der Waals surface area contributed by atoms with Gasteiger partial charge in [0, 0.05) is 13.1 Å². The molecule has 0 aromatic rings. The van der Waals surface area contributed by atoms with Gasteiger partial charge in [-0.25, -0.2) is 19.3 Å². The molecule has 0 spiro atoms. The molecule has 0 bridgehead atoms. The fourth-order valence-electron chi connectivity index (χ4n) is 1.62. The average Bonchev–Trinajstić information content (AvgIpc) is 2.44. The molecule has 0 heterocycles. The van der Waals surface area contributed by atoms with Crippen LogP contribution in [0.1, 0.15) is 40.5 Å². The molecule has 0 aromatic carbocycles. The summed E-state index contributed by atoms with van der Waals surface area (Å²) >= 11 is 0. The minimum Gasteiger partial charge on any atom is -0.297 e. The highest BCUT2D eigenvalue weighted by atomic mass is 31.2. The van der Waals surface area contributed by atoms with E-state index >= 15 is 0 Å². The molecule has 0 fully saturated rings. The smallest absolute Gasteiger partial charge is 0.297 e. The van der Waals surface area contributed by atoms with Crippen molar-refractivity contribution in [2.45, 2.75) is 40.5 Å². The molecule has 0 aliphatic rings. The fourth-order valence-corrected chi connectivity index (χ4v) is 4.36. The normalized spacial score (nSPS) is 12.7. The Hall–Kier alpha value is 0.220. The summed E-state index contributed by atoms with van der Waals surface area (Å²) < 4.78 is 44.7. The maximum Gasteiger partial charge on any atom is 0.405 e. The first-order valence-electron chi connectivity index (χ1n) is 7.73. The molecule has 10 heteroatoms. The number of unbranched alkanes of at least 4 members (excludes halogenated alkanes) is 1. The van der Waals surface area contributed by atoms with Gasteiger partial charge in [0.15, 0.2) is 0 Å². The van der Waals surface area contributed by atoms with Gasteiger partial charge in [0.25, 0.3) is 0 Å². The molecule has 134 valence electrons. The molecule has 0 rings (SSSR count). The van der Waals surface area contributed by atoms with Gasteiger partial charge in [-0.2, -0.15) is 0 Å². The van der Waals surface area contributed by atoms with Gasteiger partial charge in [-0.15, -0.1) is 0 Å². The van der Waals surface area contributed by atoms with E-state index < -0.39 is 15.5 Å². The highest BCUT2D eigenvalue weighted by Crippen LogP contribution is 2.44. The fraction of sp³-hybridized carbons (Fsp3) is 1.00. The monoisotopic (exact) mass is 360 g/mol. The zero-order chi connectivity index (χ0) is 16.9. The SMILES string of the molecule is CCOP(=O)(NCCCCNP(=O)(OCC)OCC)OCC. The van der Waals surface area contributed by atoms with E-state index in [1.54, 1.807) is 27.7 Å². The highest BCUT2D eigenvalue weighted by Gasteiger charge is 2.23. The third-order valence-corrected chi connectivity index (χ3v) is 6.02. The lowest BCUT2D eigenvalue weighted by Crippen LogP contribution is -2.19. The number of rotatable bonds is 15. The maximum atomic E-state index is 12.1. The number of nitrogens with one attached hydrogen (secondary N) is 2. The van der Waals surface area contributed by atoms with Crippen LogP contribution in [-0.2, 0) is 27.2 Å². The first kappa shape index (κ1) is 22.2. The van der Waals surface area contributed by atoms with E-state index in [9.17, 15) is 9.13 Å². The van der Waals surface area contributed by atoms with Crippen molar-refractivity contribution >= 4 is 15.5 Å². The third-order valence-electron chi connectivity index (χ3n) is 2.41. The molecule has 0 amide bonds. The van der Waals surface area contributed by atoms with Crippen LogP contribution in [-0.4, -0.2) is 39.5 Å². The topological polar surface area (TPSA) is 95.1 Å². The van der Waals surface area contributed by atoms with E-state index in [0.29, 0.717) is 39.5 Å². The van der Waals surface area contributed by atoms with Crippen LogP contribution < -0.4 is 10.2 Å². The average molecular weight is 360 g/mol. The lowest BCUT2D eigenvalue weighted by Gasteiger charge is -2.19. The Morgan fingerprint density at radius 1 is 0.636 bits per heavy atom. The van der Waals surface area contributed by atoms with Gasteiger partial charge in [-0.1, -0.05) is 0 Å². The van der Waals surface area contributed by atoms with Gasteiger partial charge in [0.2, 0.25) is 0 Å². The van der Waals surface area contributed by atoms with Crippen LogP contribution in [0.25, 0.3) is 0 Å². The van der Waals surface area contributed by atoms with Crippen molar-refractivity contribution in [3.8, 4) is 0 Å². The van der Waals surface area contributed by atoms with Crippen molar-refractivity contribution in [3.05, 3.63) is 0 Å². The summed E-state index contributed by atoms with van der Waals surface area (Å²) in [6, 6.07) is 0. The zero-order valence-corrected chi connectivity index (χ0v) is 15.8. The highest BCUT2D eigenvalue weighted by molar-refractivity contribution is 7.51. The molecular formula is C12H30N2O6P2. The molecule has 0 atom stereocenters. The lowest BCUT2D eigenvalue weighted by atomic mass is 10.3. The predicted molar refractivity (Wildman–Crippen MR) is 87.0 cm³/mol. The van der Waals surface area contributed by atoms with Crippen LogP contribution in [0.4, 0.5) is 0 Å². The summed E-state index contributed by atoms with van der Waals surface area (Å²) in [5.41, 5.74) is 0. The van der Waals surface area contributed by atoms with Gasteiger partial charge >= 0.3 is 15.5 Å². The second-order valence-electron chi connectivity index (χ2n) is 4.19. The van der Waals surface area contributed by atoms with E-state index in [1.165, 1.54) is 0 Å². The van der Waals surface area contributed by atoms with E-state index in [4.69, 9.17) is 18.1 Å². The van der Waals surface area contributed by atoms with E-state index in [0.717, 1.165) is 12.8 Å². The summed E-state index contributed by atoms with van der Waals surface area (Å²) in [6.07, 6.45) is 1.44. The van der Waals surface area contributed by atoms with Crippen LogP contribution in [0.5, 0.6) is 0 Å². The molecule has 0 unspecified atom stereocenters. The number of hydrogen-bond acceptors (Lipinski definition) is 6. The van der Waals surface area contributed by atoms with Crippen LogP contribution >= 0.6 is 15.5 Å². The largest absolute Gasteiger partial charge is 0.405 e. The second kappa shape index (κ2) is 12.6. The van der Waals surface area contributed by atoms with Gasteiger partial charge in [-0.3, -0.25) is 18.1 Å². The first-order chi connectivity index (χ1) is 10.4. The van der Waals surface area contributed by atoms with E-state index in [2.05, 4.69) is 10.2 Å². The van der Waals surface area contributed by atoms with Crippen molar-refractivity contribution < 1.29 is 27.2 Å². The zero-order valence-electron chi connectivity index (χ0n) is 14.0. The lowest BCUT2D eigenvalue weighted by molar-refractivity contribution is 0.208. The minimum absolute atomic E-state index is 0.317. The molecule has 0 aliphatic heterocycles. The molecule has 8 nitrogen and oxygen atoms in total. The van der Waals surface area contributed by atoms with Crippen molar-refractivity contribution in [3.63, 3.8) is 0 Å². The van der Waals surface area contributed by atoms with Gasteiger partial charge < -0.3 is 0 Å². The van der Waals surface area contributed by atoms with Crippen LogP contribution in [0.15, 0.2) is 0 Å². The Bertz CT molecular complexity index is 316. The molecule has 0 aliphatic carbocycles. The Morgan fingerprint density at radius 3 is 1.14 bits per heavy atom.